The molecular formula is C21H24FN3O. The second-order valence-corrected chi connectivity index (χ2v) is 7.47. The summed E-state index contributed by atoms with van der Waals surface area (Å²) < 4.78 is 13.6. The third kappa shape index (κ3) is 3.47. The minimum atomic E-state index is -0.563. The highest BCUT2D eigenvalue weighted by Crippen LogP contribution is 2.42. The number of carbonyl (C=O) groups excluding carboxylic acids is 1. The molecule has 1 amide bonds. The molecule has 2 aromatic rings. The van der Waals surface area contributed by atoms with Gasteiger partial charge < -0.3 is 4.90 Å². The topological polar surface area (TPSA) is 44.7 Å². The second-order valence-electron chi connectivity index (χ2n) is 7.47. The summed E-state index contributed by atoms with van der Waals surface area (Å²) in [5.74, 6) is -0.682. The number of amides is 1. The van der Waals surface area contributed by atoms with E-state index in [0.29, 0.717) is 5.92 Å². The molecular weight excluding hydrogens is 329 g/mol. The summed E-state index contributed by atoms with van der Waals surface area (Å²) in [6.07, 6.45) is 2.66. The SMILES string of the molecule is CC1CC(C)(C)N(C)c2ccc(/C=N\NC(=O)c3ccccc3F)cc21. The summed E-state index contributed by atoms with van der Waals surface area (Å²) in [5.41, 5.74) is 5.88. The van der Waals surface area contributed by atoms with Crippen LogP contribution in [0.3, 0.4) is 0 Å². The van der Waals surface area contributed by atoms with E-state index >= 15 is 0 Å². The lowest BCUT2D eigenvalue weighted by molar-refractivity contribution is 0.0951. The van der Waals surface area contributed by atoms with Gasteiger partial charge in [-0.25, -0.2) is 9.82 Å². The first-order valence-corrected chi connectivity index (χ1v) is 8.75. The van der Waals surface area contributed by atoms with Gasteiger partial charge in [0, 0.05) is 18.3 Å². The smallest absolute Gasteiger partial charge is 0.274 e. The summed E-state index contributed by atoms with van der Waals surface area (Å²) in [7, 11) is 2.12. The molecule has 0 aromatic heterocycles. The summed E-state index contributed by atoms with van der Waals surface area (Å²) in [4.78, 5) is 14.3. The first kappa shape index (κ1) is 18.1. The van der Waals surface area contributed by atoms with Crippen molar-refractivity contribution in [3.8, 4) is 0 Å². The zero-order valence-electron chi connectivity index (χ0n) is 15.6. The number of benzene rings is 2. The number of halogens is 1. The molecule has 0 spiro atoms. The molecule has 0 fully saturated rings. The van der Waals surface area contributed by atoms with E-state index in [2.05, 4.69) is 55.4 Å². The van der Waals surface area contributed by atoms with Gasteiger partial charge >= 0.3 is 0 Å². The lowest BCUT2D eigenvalue weighted by atomic mass is 9.80. The van der Waals surface area contributed by atoms with Gasteiger partial charge in [0.25, 0.3) is 5.91 Å². The van der Waals surface area contributed by atoms with Crippen LogP contribution in [0.15, 0.2) is 47.6 Å². The van der Waals surface area contributed by atoms with Crippen LogP contribution in [0.1, 0.15) is 54.6 Å². The number of nitrogens with zero attached hydrogens (tertiary/aromatic N) is 2. The van der Waals surface area contributed by atoms with Crippen LogP contribution in [0.4, 0.5) is 10.1 Å². The number of carbonyl (C=O) groups is 1. The zero-order valence-corrected chi connectivity index (χ0v) is 15.6. The zero-order chi connectivity index (χ0) is 18.9. The molecule has 5 heteroatoms. The quantitative estimate of drug-likeness (QED) is 0.660. The largest absolute Gasteiger partial charge is 0.369 e. The van der Waals surface area contributed by atoms with E-state index in [4.69, 9.17) is 0 Å². The number of hydrogen-bond donors (Lipinski definition) is 1. The standard InChI is InChI=1S/C21H24FN3O/c1-14-12-21(2,3)25(4)19-10-9-15(11-17(14)19)13-23-24-20(26)16-7-5-6-8-18(16)22/h5-11,13-14H,12H2,1-4H3,(H,24,26)/b23-13-. The van der Waals surface area contributed by atoms with Crippen LogP contribution in [-0.2, 0) is 0 Å². The Balaban J connectivity index is 1.76. The van der Waals surface area contributed by atoms with Gasteiger partial charge in [0.1, 0.15) is 5.82 Å². The van der Waals surface area contributed by atoms with E-state index in [9.17, 15) is 9.18 Å². The number of hydrogen-bond acceptors (Lipinski definition) is 3. The molecule has 0 saturated heterocycles. The predicted molar refractivity (Wildman–Crippen MR) is 103 cm³/mol. The summed E-state index contributed by atoms with van der Waals surface area (Å²) in [6.45, 7) is 6.73. The third-order valence-corrected chi connectivity index (χ3v) is 5.16. The van der Waals surface area contributed by atoms with Crippen LogP contribution < -0.4 is 10.3 Å². The van der Waals surface area contributed by atoms with Gasteiger partial charge in [-0.2, -0.15) is 5.10 Å². The molecule has 4 nitrogen and oxygen atoms in total. The van der Waals surface area contributed by atoms with Crippen molar-refractivity contribution in [1.29, 1.82) is 0 Å². The number of anilines is 1. The van der Waals surface area contributed by atoms with Crippen molar-refractivity contribution < 1.29 is 9.18 Å². The van der Waals surface area contributed by atoms with Crippen LogP contribution in [0, 0.1) is 5.82 Å². The highest BCUT2D eigenvalue weighted by molar-refractivity contribution is 5.95. The van der Waals surface area contributed by atoms with Gasteiger partial charge in [-0.1, -0.05) is 25.1 Å². The van der Waals surface area contributed by atoms with E-state index in [-0.39, 0.29) is 11.1 Å². The van der Waals surface area contributed by atoms with E-state index in [1.807, 2.05) is 6.07 Å². The lowest BCUT2D eigenvalue weighted by Gasteiger charge is -2.45. The summed E-state index contributed by atoms with van der Waals surface area (Å²) in [6, 6.07) is 12.0. The van der Waals surface area contributed by atoms with Crippen LogP contribution >= 0.6 is 0 Å². The molecule has 1 heterocycles. The first-order valence-electron chi connectivity index (χ1n) is 8.75. The second kappa shape index (κ2) is 6.90. The minimum Gasteiger partial charge on any atom is -0.369 e. The fourth-order valence-electron chi connectivity index (χ4n) is 3.55. The van der Waals surface area contributed by atoms with Crippen molar-refractivity contribution in [2.45, 2.75) is 38.6 Å². The Morgan fingerprint density at radius 3 is 2.77 bits per heavy atom. The Bertz CT molecular complexity index is 860. The summed E-state index contributed by atoms with van der Waals surface area (Å²) in [5, 5.41) is 3.98. The average Bonchev–Trinajstić information content (AvgIpc) is 2.60. The Morgan fingerprint density at radius 1 is 1.31 bits per heavy atom. The van der Waals surface area contributed by atoms with Crippen LogP contribution in [-0.4, -0.2) is 24.7 Å². The van der Waals surface area contributed by atoms with Crippen molar-refractivity contribution >= 4 is 17.8 Å². The average molecular weight is 353 g/mol. The highest BCUT2D eigenvalue weighted by atomic mass is 19.1. The number of rotatable bonds is 3. The minimum absolute atomic E-state index is 0.0208. The molecule has 3 rings (SSSR count). The van der Waals surface area contributed by atoms with Crippen molar-refractivity contribution in [2.24, 2.45) is 5.10 Å². The first-order chi connectivity index (χ1) is 12.3. The lowest BCUT2D eigenvalue weighted by Crippen LogP contribution is -2.45. The van der Waals surface area contributed by atoms with Crippen LogP contribution in [0.5, 0.6) is 0 Å². The van der Waals surface area contributed by atoms with Gasteiger partial charge in [0.15, 0.2) is 0 Å². The predicted octanol–water partition coefficient (Wildman–Crippen LogP) is 4.31. The van der Waals surface area contributed by atoms with Crippen LogP contribution in [0.2, 0.25) is 0 Å². The number of nitrogens with one attached hydrogen (secondary N) is 1. The van der Waals surface area contributed by atoms with Crippen molar-refractivity contribution in [3.63, 3.8) is 0 Å². The third-order valence-electron chi connectivity index (χ3n) is 5.16. The molecule has 0 aliphatic carbocycles. The summed E-state index contributed by atoms with van der Waals surface area (Å²) >= 11 is 0. The molecule has 0 radical (unpaired) electrons. The fraction of sp³-hybridized carbons (Fsp3) is 0.333. The molecule has 0 saturated carbocycles. The Morgan fingerprint density at radius 2 is 2.04 bits per heavy atom. The van der Waals surface area contributed by atoms with Crippen LogP contribution in [0.25, 0.3) is 0 Å². The van der Waals surface area contributed by atoms with E-state index in [1.54, 1.807) is 18.3 Å². The maximum atomic E-state index is 13.6. The molecule has 1 atom stereocenters. The van der Waals surface area contributed by atoms with Crippen molar-refractivity contribution in [3.05, 3.63) is 65.0 Å². The molecule has 26 heavy (non-hydrogen) atoms. The highest BCUT2D eigenvalue weighted by Gasteiger charge is 2.33. The van der Waals surface area contributed by atoms with E-state index in [1.165, 1.54) is 23.4 Å². The van der Waals surface area contributed by atoms with Gasteiger partial charge in [-0.3, -0.25) is 4.79 Å². The molecule has 1 aliphatic rings. The van der Waals surface area contributed by atoms with E-state index < -0.39 is 11.7 Å². The normalized spacial score (nSPS) is 18.7. The molecule has 1 aliphatic heterocycles. The van der Waals surface area contributed by atoms with Crippen molar-refractivity contribution in [1.82, 2.24) is 5.43 Å². The van der Waals surface area contributed by atoms with Gasteiger partial charge in [0.05, 0.1) is 11.8 Å². The number of fused-ring (bicyclic) bond motifs is 1. The number of hydrazone groups is 1. The maximum Gasteiger partial charge on any atom is 0.274 e. The van der Waals surface area contributed by atoms with E-state index in [0.717, 1.165) is 12.0 Å². The molecule has 136 valence electrons. The monoisotopic (exact) mass is 353 g/mol. The molecule has 0 bridgehead atoms. The molecule has 1 unspecified atom stereocenters. The van der Waals surface area contributed by atoms with Gasteiger partial charge in [-0.15, -0.1) is 0 Å². The fourth-order valence-corrected chi connectivity index (χ4v) is 3.55. The maximum absolute atomic E-state index is 13.6. The Hall–Kier alpha value is -2.69. The van der Waals surface area contributed by atoms with Gasteiger partial charge in [-0.05, 0) is 61.6 Å². The molecule has 2 aromatic carbocycles. The molecule has 1 N–H and O–H groups in total. The van der Waals surface area contributed by atoms with Crippen molar-refractivity contribution in [2.75, 3.05) is 11.9 Å². The Kier molecular flexibility index (Phi) is 4.81. The Labute approximate surface area is 153 Å². The van der Waals surface area contributed by atoms with Gasteiger partial charge in [0.2, 0.25) is 0 Å².